The van der Waals surface area contributed by atoms with Gasteiger partial charge in [0.1, 0.15) is 6.54 Å². The van der Waals surface area contributed by atoms with Gasteiger partial charge in [0.2, 0.25) is 0 Å². The zero-order valence-electron chi connectivity index (χ0n) is 8.89. The summed E-state index contributed by atoms with van der Waals surface area (Å²) in [6.07, 6.45) is -2.49. The Labute approximate surface area is 91.4 Å². The Morgan fingerprint density at radius 2 is 2.07 bits per heavy atom. The molecule has 0 aliphatic heterocycles. The number of halogens is 3. The fourth-order valence-corrected chi connectivity index (χ4v) is 1.56. The highest BCUT2D eigenvalue weighted by Crippen LogP contribution is 2.12. The predicted octanol–water partition coefficient (Wildman–Crippen LogP) is 1.94. The molecular formula is C8H15F3N2OS. The number of thioether (sulfide) groups is 1. The second kappa shape index (κ2) is 6.09. The van der Waals surface area contributed by atoms with Crippen LogP contribution in [-0.2, 0) is 0 Å². The van der Waals surface area contributed by atoms with Crippen LogP contribution in [0.1, 0.15) is 6.92 Å². The largest absolute Gasteiger partial charge is 0.405 e. The minimum atomic E-state index is -4.36. The van der Waals surface area contributed by atoms with Crippen LogP contribution in [0.15, 0.2) is 0 Å². The average Bonchev–Trinajstić information content (AvgIpc) is 2.12. The van der Waals surface area contributed by atoms with Crippen LogP contribution in [0.3, 0.4) is 0 Å². The molecule has 2 amide bonds. The van der Waals surface area contributed by atoms with E-state index in [2.05, 4.69) is 0 Å². The molecule has 0 rings (SSSR count). The van der Waals surface area contributed by atoms with Crippen LogP contribution >= 0.6 is 11.8 Å². The Bertz CT molecular complexity index is 211. The number of hydrogen-bond donors (Lipinski definition) is 1. The number of alkyl halides is 3. The van der Waals surface area contributed by atoms with Gasteiger partial charge in [-0.05, 0) is 13.2 Å². The standard InChI is InChI=1S/C8H15F3N2OS/c1-6(4-15-3)13(2)7(14)12-5-8(9,10)11/h6H,4-5H2,1-3H3,(H,12,14). The van der Waals surface area contributed by atoms with E-state index in [1.165, 1.54) is 23.7 Å². The first-order valence-electron chi connectivity index (χ1n) is 4.34. The van der Waals surface area contributed by atoms with Crippen molar-refractivity contribution in [3.05, 3.63) is 0 Å². The molecule has 0 aliphatic rings. The molecular weight excluding hydrogens is 229 g/mol. The van der Waals surface area contributed by atoms with Gasteiger partial charge in [-0.15, -0.1) is 0 Å². The van der Waals surface area contributed by atoms with Crippen molar-refractivity contribution in [1.82, 2.24) is 10.2 Å². The Kier molecular flexibility index (Phi) is 5.85. The lowest BCUT2D eigenvalue weighted by Crippen LogP contribution is -2.46. The average molecular weight is 244 g/mol. The first-order valence-corrected chi connectivity index (χ1v) is 5.73. The van der Waals surface area contributed by atoms with Crippen molar-refractivity contribution in [2.75, 3.05) is 25.6 Å². The topological polar surface area (TPSA) is 32.3 Å². The Morgan fingerprint density at radius 1 is 1.53 bits per heavy atom. The molecule has 90 valence electrons. The van der Waals surface area contributed by atoms with E-state index in [4.69, 9.17) is 0 Å². The van der Waals surface area contributed by atoms with Crippen LogP contribution in [0.2, 0.25) is 0 Å². The number of urea groups is 1. The molecule has 7 heteroatoms. The van der Waals surface area contributed by atoms with Crippen LogP contribution in [-0.4, -0.2) is 48.8 Å². The zero-order chi connectivity index (χ0) is 12.1. The van der Waals surface area contributed by atoms with Gasteiger partial charge in [-0.25, -0.2) is 4.79 Å². The van der Waals surface area contributed by atoms with Crippen molar-refractivity contribution in [3.63, 3.8) is 0 Å². The number of hydrogen-bond acceptors (Lipinski definition) is 2. The highest BCUT2D eigenvalue weighted by Gasteiger charge is 2.28. The molecule has 0 aromatic heterocycles. The summed E-state index contributed by atoms with van der Waals surface area (Å²) in [6, 6.07) is -0.790. The van der Waals surface area contributed by atoms with Gasteiger partial charge in [0.15, 0.2) is 0 Å². The van der Waals surface area contributed by atoms with E-state index in [9.17, 15) is 18.0 Å². The van der Waals surface area contributed by atoms with Crippen molar-refractivity contribution in [2.45, 2.75) is 19.1 Å². The summed E-state index contributed by atoms with van der Waals surface area (Å²) in [4.78, 5) is 12.5. The summed E-state index contributed by atoms with van der Waals surface area (Å²) < 4.78 is 35.4. The number of nitrogens with zero attached hydrogens (tertiary/aromatic N) is 1. The van der Waals surface area contributed by atoms with E-state index in [-0.39, 0.29) is 6.04 Å². The molecule has 0 saturated carbocycles. The van der Waals surface area contributed by atoms with E-state index in [0.29, 0.717) is 5.75 Å². The monoisotopic (exact) mass is 244 g/mol. The predicted molar refractivity (Wildman–Crippen MR) is 55.1 cm³/mol. The third kappa shape index (κ3) is 6.48. The van der Waals surface area contributed by atoms with E-state index in [0.717, 1.165) is 0 Å². The summed E-state index contributed by atoms with van der Waals surface area (Å²) in [7, 11) is 1.48. The summed E-state index contributed by atoms with van der Waals surface area (Å²) in [5.74, 6) is 0.690. The van der Waals surface area contributed by atoms with Crippen LogP contribution < -0.4 is 5.32 Å². The molecule has 15 heavy (non-hydrogen) atoms. The Hall–Kier alpha value is -0.590. The maximum atomic E-state index is 11.8. The van der Waals surface area contributed by atoms with E-state index >= 15 is 0 Å². The molecule has 0 aromatic rings. The fourth-order valence-electron chi connectivity index (χ4n) is 0.854. The molecule has 3 nitrogen and oxygen atoms in total. The lowest BCUT2D eigenvalue weighted by molar-refractivity contribution is -0.123. The van der Waals surface area contributed by atoms with Gasteiger partial charge in [0.05, 0.1) is 0 Å². The summed E-state index contributed by atoms with van der Waals surface area (Å²) in [6.45, 7) is 0.492. The lowest BCUT2D eigenvalue weighted by atomic mass is 10.3. The van der Waals surface area contributed by atoms with Gasteiger partial charge >= 0.3 is 12.2 Å². The van der Waals surface area contributed by atoms with Gasteiger partial charge in [-0.1, -0.05) is 0 Å². The molecule has 1 N–H and O–H groups in total. The first-order chi connectivity index (χ1) is 6.78. The SMILES string of the molecule is CSCC(C)N(C)C(=O)NCC(F)(F)F. The molecule has 0 aromatic carbocycles. The van der Waals surface area contributed by atoms with Crippen molar-refractivity contribution in [2.24, 2.45) is 0 Å². The van der Waals surface area contributed by atoms with Crippen molar-refractivity contribution in [1.29, 1.82) is 0 Å². The molecule has 0 fully saturated rings. The minimum Gasteiger partial charge on any atom is -0.329 e. The van der Waals surface area contributed by atoms with E-state index in [1.54, 1.807) is 6.92 Å². The molecule has 0 heterocycles. The van der Waals surface area contributed by atoms with Crippen molar-refractivity contribution < 1.29 is 18.0 Å². The summed E-state index contributed by atoms with van der Waals surface area (Å²) in [5.41, 5.74) is 0. The normalized spacial score (nSPS) is 13.5. The third-order valence-corrected chi connectivity index (χ3v) is 2.65. The molecule has 0 aliphatic carbocycles. The van der Waals surface area contributed by atoms with Gasteiger partial charge in [-0.2, -0.15) is 24.9 Å². The minimum absolute atomic E-state index is 0.0896. The molecule has 1 atom stereocenters. The zero-order valence-corrected chi connectivity index (χ0v) is 9.71. The van der Waals surface area contributed by atoms with Crippen LogP contribution in [0.5, 0.6) is 0 Å². The highest BCUT2D eigenvalue weighted by atomic mass is 32.2. The second-order valence-electron chi connectivity index (χ2n) is 3.19. The Morgan fingerprint density at radius 3 is 2.47 bits per heavy atom. The number of amides is 2. The maximum Gasteiger partial charge on any atom is 0.405 e. The fraction of sp³-hybridized carbons (Fsp3) is 0.875. The number of nitrogens with one attached hydrogen (secondary N) is 1. The second-order valence-corrected chi connectivity index (χ2v) is 4.10. The van der Waals surface area contributed by atoms with E-state index < -0.39 is 18.8 Å². The third-order valence-electron chi connectivity index (χ3n) is 1.83. The molecule has 0 saturated heterocycles. The molecule has 0 radical (unpaired) electrons. The Balaban J connectivity index is 3.99. The van der Waals surface area contributed by atoms with Crippen molar-refractivity contribution >= 4 is 17.8 Å². The van der Waals surface area contributed by atoms with Crippen LogP contribution in [0.4, 0.5) is 18.0 Å². The quantitative estimate of drug-likeness (QED) is 0.819. The first kappa shape index (κ1) is 14.4. The van der Waals surface area contributed by atoms with Crippen LogP contribution in [0, 0.1) is 0 Å². The molecule has 1 unspecified atom stereocenters. The number of carbonyl (C=O) groups is 1. The lowest BCUT2D eigenvalue weighted by Gasteiger charge is -2.24. The molecule has 0 spiro atoms. The van der Waals surface area contributed by atoms with Gasteiger partial charge in [0.25, 0.3) is 0 Å². The number of rotatable bonds is 4. The van der Waals surface area contributed by atoms with Gasteiger partial charge in [-0.3, -0.25) is 0 Å². The smallest absolute Gasteiger partial charge is 0.329 e. The highest BCUT2D eigenvalue weighted by molar-refractivity contribution is 7.98. The molecule has 0 bridgehead atoms. The number of carbonyl (C=O) groups excluding carboxylic acids is 1. The van der Waals surface area contributed by atoms with Gasteiger partial charge in [0, 0.05) is 18.8 Å². The van der Waals surface area contributed by atoms with E-state index in [1.807, 2.05) is 11.6 Å². The van der Waals surface area contributed by atoms with Crippen LogP contribution in [0.25, 0.3) is 0 Å². The maximum absolute atomic E-state index is 11.8. The van der Waals surface area contributed by atoms with Crippen molar-refractivity contribution in [3.8, 4) is 0 Å². The summed E-state index contributed by atoms with van der Waals surface area (Å²) >= 11 is 1.54. The van der Waals surface area contributed by atoms with Gasteiger partial charge < -0.3 is 10.2 Å². The summed E-state index contributed by atoms with van der Waals surface area (Å²) in [5, 5.41) is 1.81.